The van der Waals surface area contributed by atoms with Crippen LogP contribution in [-0.2, 0) is 9.59 Å². The Bertz CT molecular complexity index is 1130. The summed E-state index contributed by atoms with van der Waals surface area (Å²) in [5.41, 5.74) is 3.33. The Morgan fingerprint density at radius 2 is 1.76 bits per heavy atom. The summed E-state index contributed by atoms with van der Waals surface area (Å²) >= 11 is 0. The molecule has 1 aromatic heterocycles. The van der Waals surface area contributed by atoms with E-state index in [9.17, 15) is 14.7 Å². The number of aromatic nitrogens is 1. The number of rotatable bonds is 7. The summed E-state index contributed by atoms with van der Waals surface area (Å²) < 4.78 is 5.23. The minimum atomic E-state index is -0.869. The molecule has 4 rings (SSSR count). The molecular weight excluding hydrogens is 420 g/mol. The zero-order valence-electron chi connectivity index (χ0n) is 19.2. The maximum atomic E-state index is 12.3. The molecule has 2 heterocycles. The van der Waals surface area contributed by atoms with Gasteiger partial charge < -0.3 is 25.0 Å². The third-order valence-corrected chi connectivity index (χ3v) is 6.15. The maximum Gasteiger partial charge on any atom is 0.325 e. The van der Waals surface area contributed by atoms with Crippen LogP contribution in [0, 0.1) is 5.92 Å². The number of aliphatic carboxylic acids is 1. The molecule has 1 saturated heterocycles. The molecular formula is C25H30N4O4. The van der Waals surface area contributed by atoms with Crippen LogP contribution in [0.2, 0.25) is 0 Å². The van der Waals surface area contributed by atoms with Crippen molar-refractivity contribution >= 4 is 34.2 Å². The van der Waals surface area contributed by atoms with Crippen molar-refractivity contribution < 1.29 is 19.4 Å². The molecule has 33 heavy (non-hydrogen) atoms. The Kier molecular flexibility index (Phi) is 6.55. The molecule has 8 nitrogen and oxygen atoms in total. The van der Waals surface area contributed by atoms with Gasteiger partial charge in [0.25, 0.3) is 0 Å². The fourth-order valence-corrected chi connectivity index (χ4v) is 4.26. The molecule has 1 aliphatic heterocycles. The summed E-state index contributed by atoms with van der Waals surface area (Å²) in [6, 6.07) is 12.7. The predicted octanol–water partition coefficient (Wildman–Crippen LogP) is 3.72. The quantitative estimate of drug-likeness (QED) is 0.508. The number of nitrogens with zero attached hydrogens (tertiary/aromatic N) is 2. The van der Waals surface area contributed by atoms with Gasteiger partial charge in [0.15, 0.2) is 0 Å². The number of hydrogen-bond acceptors (Lipinski definition) is 5. The molecule has 1 atom stereocenters. The summed E-state index contributed by atoms with van der Waals surface area (Å²) in [4.78, 5) is 31.8. The third-order valence-electron chi connectivity index (χ3n) is 6.15. The Morgan fingerprint density at radius 1 is 1.06 bits per heavy atom. The number of H-pyrrole nitrogens is 1. The number of aromatic amines is 1. The van der Waals surface area contributed by atoms with Gasteiger partial charge in [-0.3, -0.25) is 14.5 Å². The third kappa shape index (κ3) is 4.80. The number of piperazine rings is 1. The number of carboxylic acids is 1. The first-order valence-corrected chi connectivity index (χ1v) is 11.1. The van der Waals surface area contributed by atoms with E-state index in [1.807, 2.05) is 61.2 Å². The number of nitrogens with one attached hydrogen (secondary N) is 2. The predicted molar refractivity (Wildman–Crippen MR) is 129 cm³/mol. The number of anilines is 2. The van der Waals surface area contributed by atoms with Crippen molar-refractivity contribution in [3.63, 3.8) is 0 Å². The summed E-state index contributed by atoms with van der Waals surface area (Å²) in [7, 11) is 1.65. The van der Waals surface area contributed by atoms with Crippen molar-refractivity contribution in [2.45, 2.75) is 19.9 Å². The molecule has 0 bridgehead atoms. The SMILES string of the molecule is COc1ccc(N2CCN([C@H](C(=O)O)c3c[nH]c4cc(NC(=O)C(C)C)ccc34)CC2)cc1. The van der Waals surface area contributed by atoms with Gasteiger partial charge in [-0.15, -0.1) is 0 Å². The first-order chi connectivity index (χ1) is 15.9. The van der Waals surface area contributed by atoms with Gasteiger partial charge in [0, 0.05) is 66.1 Å². The van der Waals surface area contributed by atoms with E-state index in [-0.39, 0.29) is 11.8 Å². The van der Waals surface area contributed by atoms with E-state index in [2.05, 4.69) is 15.2 Å². The number of amides is 1. The van der Waals surface area contributed by atoms with E-state index < -0.39 is 12.0 Å². The number of benzene rings is 2. The van der Waals surface area contributed by atoms with Gasteiger partial charge in [0.1, 0.15) is 11.8 Å². The van der Waals surface area contributed by atoms with Crippen LogP contribution < -0.4 is 15.0 Å². The summed E-state index contributed by atoms with van der Waals surface area (Å²) in [5, 5.41) is 13.8. The molecule has 1 fully saturated rings. The fourth-order valence-electron chi connectivity index (χ4n) is 4.26. The maximum absolute atomic E-state index is 12.3. The molecule has 0 radical (unpaired) electrons. The highest BCUT2D eigenvalue weighted by Crippen LogP contribution is 2.32. The van der Waals surface area contributed by atoms with Gasteiger partial charge in [-0.2, -0.15) is 0 Å². The van der Waals surface area contributed by atoms with Crippen LogP contribution in [0.15, 0.2) is 48.7 Å². The molecule has 2 aromatic carbocycles. The monoisotopic (exact) mass is 450 g/mol. The van der Waals surface area contributed by atoms with Crippen molar-refractivity contribution in [2.24, 2.45) is 5.92 Å². The zero-order chi connectivity index (χ0) is 23.5. The smallest absolute Gasteiger partial charge is 0.325 e. The molecule has 3 aromatic rings. The number of carbonyl (C=O) groups is 2. The van der Waals surface area contributed by atoms with Gasteiger partial charge in [-0.05, 0) is 36.4 Å². The van der Waals surface area contributed by atoms with Crippen molar-refractivity contribution in [1.82, 2.24) is 9.88 Å². The van der Waals surface area contributed by atoms with E-state index >= 15 is 0 Å². The molecule has 0 saturated carbocycles. The largest absolute Gasteiger partial charge is 0.497 e. The molecule has 174 valence electrons. The molecule has 0 unspecified atom stereocenters. The second-order valence-corrected chi connectivity index (χ2v) is 8.61. The van der Waals surface area contributed by atoms with Crippen LogP contribution in [-0.4, -0.2) is 60.2 Å². The Balaban J connectivity index is 1.50. The number of fused-ring (bicyclic) bond motifs is 1. The summed E-state index contributed by atoms with van der Waals surface area (Å²) in [6.07, 6.45) is 1.77. The van der Waals surface area contributed by atoms with Crippen molar-refractivity contribution in [1.29, 1.82) is 0 Å². The Labute approximate surface area is 193 Å². The van der Waals surface area contributed by atoms with E-state index in [0.717, 1.165) is 41.0 Å². The van der Waals surface area contributed by atoms with Gasteiger partial charge in [-0.1, -0.05) is 19.9 Å². The van der Waals surface area contributed by atoms with Crippen LogP contribution in [0.25, 0.3) is 10.9 Å². The van der Waals surface area contributed by atoms with Crippen LogP contribution in [0.1, 0.15) is 25.5 Å². The van der Waals surface area contributed by atoms with E-state index in [1.54, 1.807) is 13.3 Å². The second kappa shape index (κ2) is 9.54. The summed E-state index contributed by atoms with van der Waals surface area (Å²) in [5.74, 6) is -0.229. The number of hydrogen-bond donors (Lipinski definition) is 3. The lowest BCUT2D eigenvalue weighted by atomic mass is 10.0. The molecule has 0 spiro atoms. The minimum absolute atomic E-state index is 0.0562. The minimum Gasteiger partial charge on any atom is -0.497 e. The Hall–Kier alpha value is -3.52. The first kappa shape index (κ1) is 22.7. The number of carboxylic acid groups (broad SMARTS) is 1. The first-order valence-electron chi connectivity index (χ1n) is 11.1. The van der Waals surface area contributed by atoms with Gasteiger partial charge >= 0.3 is 5.97 Å². The average Bonchev–Trinajstić information content (AvgIpc) is 3.22. The van der Waals surface area contributed by atoms with Crippen LogP contribution in [0.3, 0.4) is 0 Å². The summed E-state index contributed by atoms with van der Waals surface area (Å²) in [6.45, 7) is 6.43. The lowest BCUT2D eigenvalue weighted by Gasteiger charge is -2.38. The number of ether oxygens (including phenoxy) is 1. The standard InChI is InChI=1S/C25H30N4O4/c1-16(2)24(30)27-17-4-9-20-21(15-26-22(20)14-17)23(25(31)32)29-12-10-28(11-13-29)18-5-7-19(33-3)8-6-18/h4-9,14-16,23,26H,10-13H2,1-3H3,(H,27,30)(H,31,32)/t23-/m0/s1. The highest BCUT2D eigenvalue weighted by atomic mass is 16.5. The van der Waals surface area contributed by atoms with E-state index in [4.69, 9.17) is 4.74 Å². The fraction of sp³-hybridized carbons (Fsp3) is 0.360. The van der Waals surface area contributed by atoms with Crippen LogP contribution >= 0.6 is 0 Å². The molecule has 8 heteroatoms. The topological polar surface area (TPSA) is 97.9 Å². The van der Waals surface area contributed by atoms with Gasteiger partial charge in [-0.25, -0.2) is 0 Å². The molecule has 3 N–H and O–H groups in total. The number of carbonyl (C=O) groups excluding carboxylic acids is 1. The molecule has 0 aliphatic carbocycles. The highest BCUT2D eigenvalue weighted by molar-refractivity contribution is 5.96. The zero-order valence-corrected chi connectivity index (χ0v) is 19.2. The normalized spacial score (nSPS) is 15.6. The van der Waals surface area contributed by atoms with Crippen molar-refractivity contribution in [3.8, 4) is 5.75 Å². The highest BCUT2D eigenvalue weighted by Gasteiger charge is 2.32. The van der Waals surface area contributed by atoms with Gasteiger partial charge in [0.05, 0.1) is 7.11 Å². The lowest BCUT2D eigenvalue weighted by Crippen LogP contribution is -2.49. The number of methoxy groups -OCH3 is 1. The molecule has 1 amide bonds. The van der Waals surface area contributed by atoms with Crippen LogP contribution in [0.5, 0.6) is 5.75 Å². The van der Waals surface area contributed by atoms with Crippen LogP contribution in [0.4, 0.5) is 11.4 Å². The van der Waals surface area contributed by atoms with E-state index in [0.29, 0.717) is 18.8 Å². The van der Waals surface area contributed by atoms with E-state index in [1.165, 1.54) is 0 Å². The molecule has 1 aliphatic rings. The van der Waals surface area contributed by atoms with Crippen molar-refractivity contribution in [3.05, 3.63) is 54.2 Å². The Morgan fingerprint density at radius 3 is 2.36 bits per heavy atom. The van der Waals surface area contributed by atoms with Crippen molar-refractivity contribution in [2.75, 3.05) is 43.5 Å². The second-order valence-electron chi connectivity index (χ2n) is 8.61. The lowest BCUT2D eigenvalue weighted by molar-refractivity contribution is -0.143. The van der Waals surface area contributed by atoms with Gasteiger partial charge in [0.2, 0.25) is 5.91 Å². The average molecular weight is 451 g/mol.